The molecule has 96 valence electrons. The summed E-state index contributed by atoms with van der Waals surface area (Å²) in [6, 6.07) is 1.85. The van der Waals surface area contributed by atoms with E-state index in [9.17, 15) is 20.2 Å². The van der Waals surface area contributed by atoms with Crippen molar-refractivity contribution in [3.63, 3.8) is 0 Å². The molecule has 0 bridgehead atoms. The van der Waals surface area contributed by atoms with E-state index < -0.39 is 21.2 Å². The molecule has 1 rings (SSSR count). The first-order chi connectivity index (χ1) is 8.32. The SMILES string of the molecule is CC(C)=NNc1c(Cl)cc([N+](=O)[O-])cc1[N+](=O)[O-]. The Hall–Kier alpha value is -2.22. The smallest absolute Gasteiger partial charge is 0.271 e. The lowest BCUT2D eigenvalue weighted by Crippen LogP contribution is -2.00. The maximum absolute atomic E-state index is 10.8. The molecular weight excluding hydrogens is 264 g/mol. The zero-order chi connectivity index (χ0) is 13.9. The van der Waals surface area contributed by atoms with Crippen LogP contribution in [0, 0.1) is 20.2 Å². The summed E-state index contributed by atoms with van der Waals surface area (Å²) in [5.41, 5.74) is 2.02. The Morgan fingerprint density at radius 3 is 2.33 bits per heavy atom. The molecule has 0 amide bonds. The average molecular weight is 273 g/mol. The largest absolute Gasteiger partial charge is 0.302 e. The minimum Gasteiger partial charge on any atom is -0.271 e. The molecular formula is C9H9ClN4O4. The molecule has 9 heteroatoms. The number of rotatable bonds is 4. The quantitative estimate of drug-likeness (QED) is 0.514. The van der Waals surface area contributed by atoms with Gasteiger partial charge in [0.2, 0.25) is 0 Å². The highest BCUT2D eigenvalue weighted by molar-refractivity contribution is 6.34. The van der Waals surface area contributed by atoms with Gasteiger partial charge in [-0.1, -0.05) is 11.6 Å². The molecule has 0 fully saturated rings. The van der Waals surface area contributed by atoms with E-state index in [0.717, 1.165) is 12.1 Å². The Morgan fingerprint density at radius 1 is 1.28 bits per heavy atom. The van der Waals surface area contributed by atoms with Gasteiger partial charge in [0.05, 0.1) is 20.9 Å². The third kappa shape index (κ3) is 3.14. The number of hydrogen-bond donors (Lipinski definition) is 1. The topological polar surface area (TPSA) is 111 Å². The Morgan fingerprint density at radius 2 is 1.89 bits per heavy atom. The van der Waals surface area contributed by atoms with Crippen LogP contribution in [0.25, 0.3) is 0 Å². The van der Waals surface area contributed by atoms with Crippen molar-refractivity contribution in [1.29, 1.82) is 0 Å². The van der Waals surface area contributed by atoms with E-state index in [2.05, 4.69) is 10.5 Å². The molecule has 0 aliphatic heterocycles. The first-order valence-corrected chi connectivity index (χ1v) is 5.10. The summed E-state index contributed by atoms with van der Waals surface area (Å²) in [7, 11) is 0. The van der Waals surface area contributed by atoms with Gasteiger partial charge in [0.1, 0.15) is 0 Å². The number of anilines is 1. The summed E-state index contributed by atoms with van der Waals surface area (Å²) < 4.78 is 0. The molecule has 8 nitrogen and oxygen atoms in total. The van der Waals surface area contributed by atoms with Crippen LogP contribution in [0.4, 0.5) is 17.1 Å². The van der Waals surface area contributed by atoms with E-state index in [1.165, 1.54) is 0 Å². The molecule has 0 saturated heterocycles. The van der Waals surface area contributed by atoms with Crippen LogP contribution in [0.2, 0.25) is 5.02 Å². The maximum atomic E-state index is 10.8. The van der Waals surface area contributed by atoms with Gasteiger partial charge in [-0.05, 0) is 13.8 Å². The average Bonchev–Trinajstić information content (AvgIpc) is 2.25. The van der Waals surface area contributed by atoms with Crippen molar-refractivity contribution in [1.82, 2.24) is 0 Å². The Kier molecular flexibility index (Phi) is 4.16. The lowest BCUT2D eigenvalue weighted by molar-refractivity contribution is -0.393. The number of nitro groups is 2. The van der Waals surface area contributed by atoms with Crippen molar-refractivity contribution >= 4 is 34.4 Å². The van der Waals surface area contributed by atoms with Gasteiger partial charge in [-0.2, -0.15) is 5.10 Å². The molecule has 0 radical (unpaired) electrons. The van der Waals surface area contributed by atoms with Gasteiger partial charge in [0.15, 0.2) is 5.69 Å². The summed E-state index contributed by atoms with van der Waals surface area (Å²) >= 11 is 5.77. The van der Waals surface area contributed by atoms with E-state index in [0.29, 0.717) is 5.71 Å². The van der Waals surface area contributed by atoms with E-state index >= 15 is 0 Å². The number of hydrazone groups is 1. The Balaban J connectivity index is 3.36. The van der Waals surface area contributed by atoms with Crippen LogP contribution in [0.5, 0.6) is 0 Å². The fourth-order valence-electron chi connectivity index (χ4n) is 1.11. The Labute approximate surface area is 107 Å². The summed E-state index contributed by atoms with van der Waals surface area (Å²) in [4.78, 5) is 19.9. The van der Waals surface area contributed by atoms with Gasteiger partial charge in [-0.25, -0.2) is 0 Å². The van der Waals surface area contributed by atoms with Crippen molar-refractivity contribution in [3.05, 3.63) is 37.4 Å². The molecule has 0 aromatic heterocycles. The summed E-state index contributed by atoms with van der Waals surface area (Å²) in [6.07, 6.45) is 0. The highest BCUT2D eigenvalue weighted by atomic mass is 35.5. The minimum absolute atomic E-state index is 0.0755. The molecule has 0 aliphatic rings. The highest BCUT2D eigenvalue weighted by Gasteiger charge is 2.23. The maximum Gasteiger partial charge on any atom is 0.302 e. The predicted octanol–water partition coefficient (Wildman–Crippen LogP) is 2.96. The van der Waals surface area contributed by atoms with Gasteiger partial charge >= 0.3 is 5.69 Å². The number of nitrogens with zero attached hydrogens (tertiary/aromatic N) is 3. The second-order valence-corrected chi connectivity index (χ2v) is 3.91. The monoisotopic (exact) mass is 272 g/mol. The zero-order valence-corrected chi connectivity index (χ0v) is 10.3. The lowest BCUT2D eigenvalue weighted by Gasteiger charge is -2.05. The van der Waals surface area contributed by atoms with Gasteiger partial charge in [0.25, 0.3) is 5.69 Å². The van der Waals surface area contributed by atoms with Crippen LogP contribution >= 0.6 is 11.6 Å². The number of nitro benzene ring substituents is 2. The van der Waals surface area contributed by atoms with Crippen molar-refractivity contribution < 1.29 is 9.85 Å². The highest BCUT2D eigenvalue weighted by Crippen LogP contribution is 2.36. The number of non-ortho nitro benzene ring substituents is 1. The number of hydrogen-bond acceptors (Lipinski definition) is 6. The second-order valence-electron chi connectivity index (χ2n) is 3.51. The van der Waals surface area contributed by atoms with Crippen LogP contribution in [-0.2, 0) is 0 Å². The van der Waals surface area contributed by atoms with E-state index in [4.69, 9.17) is 11.6 Å². The minimum atomic E-state index is -0.762. The van der Waals surface area contributed by atoms with Gasteiger partial charge in [0, 0.05) is 11.8 Å². The molecule has 0 heterocycles. The van der Waals surface area contributed by atoms with Gasteiger partial charge in [-0.3, -0.25) is 25.7 Å². The number of halogens is 1. The summed E-state index contributed by atoms with van der Waals surface area (Å²) in [5, 5.41) is 25.1. The van der Waals surface area contributed by atoms with Crippen LogP contribution < -0.4 is 5.43 Å². The third-order valence-electron chi connectivity index (χ3n) is 1.85. The summed E-state index contributed by atoms with van der Waals surface area (Å²) in [5.74, 6) is 0. The van der Waals surface area contributed by atoms with Crippen molar-refractivity contribution in [2.24, 2.45) is 5.10 Å². The molecule has 0 unspecified atom stereocenters. The number of nitrogens with one attached hydrogen (secondary N) is 1. The Bertz CT molecular complexity index is 540. The van der Waals surface area contributed by atoms with E-state index in [1.807, 2.05) is 0 Å². The molecule has 0 saturated carbocycles. The molecule has 1 aromatic rings. The third-order valence-corrected chi connectivity index (χ3v) is 2.15. The molecule has 1 aromatic carbocycles. The van der Waals surface area contributed by atoms with Crippen LogP contribution in [0.15, 0.2) is 17.2 Å². The van der Waals surface area contributed by atoms with Gasteiger partial charge < -0.3 is 0 Å². The van der Waals surface area contributed by atoms with Crippen molar-refractivity contribution in [2.75, 3.05) is 5.43 Å². The van der Waals surface area contributed by atoms with Crippen molar-refractivity contribution in [2.45, 2.75) is 13.8 Å². The second kappa shape index (κ2) is 5.41. The van der Waals surface area contributed by atoms with E-state index in [-0.39, 0.29) is 10.7 Å². The van der Waals surface area contributed by atoms with Crippen molar-refractivity contribution in [3.8, 4) is 0 Å². The van der Waals surface area contributed by atoms with Crippen LogP contribution in [-0.4, -0.2) is 15.6 Å². The predicted molar refractivity (Wildman–Crippen MR) is 67.2 cm³/mol. The van der Waals surface area contributed by atoms with Gasteiger partial charge in [-0.15, -0.1) is 0 Å². The van der Waals surface area contributed by atoms with E-state index in [1.54, 1.807) is 13.8 Å². The fourth-order valence-corrected chi connectivity index (χ4v) is 1.36. The molecule has 0 aliphatic carbocycles. The zero-order valence-electron chi connectivity index (χ0n) is 9.51. The van der Waals surface area contributed by atoms with Crippen LogP contribution in [0.3, 0.4) is 0 Å². The summed E-state index contributed by atoms with van der Waals surface area (Å²) in [6.45, 7) is 3.36. The first kappa shape index (κ1) is 13.8. The molecule has 0 atom stereocenters. The standard InChI is InChI=1S/C9H9ClN4O4/c1-5(2)11-12-9-7(10)3-6(13(15)16)4-8(9)14(17)18/h3-4,12H,1-2H3. The fraction of sp³-hybridized carbons (Fsp3) is 0.222. The first-order valence-electron chi connectivity index (χ1n) is 4.72. The van der Waals surface area contributed by atoms with Crippen LogP contribution in [0.1, 0.15) is 13.8 Å². The molecule has 0 spiro atoms. The normalized spacial score (nSPS) is 9.72. The lowest BCUT2D eigenvalue weighted by atomic mass is 10.2. The molecule has 18 heavy (non-hydrogen) atoms. The molecule has 1 N–H and O–H groups in total. The number of benzene rings is 1.